The number of carbonyl (C=O) groups is 1. The molecule has 0 radical (unpaired) electrons. The minimum atomic E-state index is -0.477. The molecule has 42 heavy (non-hydrogen) atoms. The number of nitrogens with zero attached hydrogens (tertiary/aromatic N) is 5. The van der Waals surface area contributed by atoms with Crippen LogP contribution in [0.2, 0.25) is 0 Å². The summed E-state index contributed by atoms with van der Waals surface area (Å²) in [7, 11) is 1.69. The van der Waals surface area contributed by atoms with E-state index in [1.807, 2.05) is 38.4 Å². The molecular formula is C32H46N6O4. The van der Waals surface area contributed by atoms with E-state index in [4.69, 9.17) is 14.6 Å². The minimum absolute atomic E-state index is 0.0867. The number of nitrogens with one attached hydrogen (secondary N) is 1. The molecule has 1 aromatic carbocycles. The number of aromatic nitrogens is 3. The molecule has 1 saturated heterocycles. The average molecular weight is 579 g/mol. The van der Waals surface area contributed by atoms with Crippen molar-refractivity contribution in [3.05, 3.63) is 47.8 Å². The van der Waals surface area contributed by atoms with Crippen LogP contribution in [-0.2, 0) is 16.0 Å². The quantitative estimate of drug-likeness (QED) is 0.389. The number of piperazine rings is 1. The zero-order valence-corrected chi connectivity index (χ0v) is 25.7. The predicted octanol–water partition coefficient (Wildman–Crippen LogP) is 4.91. The Kier molecular flexibility index (Phi) is 9.35. The number of benzene rings is 1. The van der Waals surface area contributed by atoms with E-state index >= 15 is 0 Å². The molecule has 3 heterocycles. The molecule has 0 bridgehead atoms. The molecule has 1 saturated carbocycles. The lowest BCUT2D eigenvalue weighted by atomic mass is 9.85. The second kappa shape index (κ2) is 13.0. The Balaban J connectivity index is 1.31. The average Bonchev–Trinajstić information content (AvgIpc) is 3.32. The number of amides is 1. The van der Waals surface area contributed by atoms with Gasteiger partial charge in [0, 0.05) is 63.1 Å². The summed E-state index contributed by atoms with van der Waals surface area (Å²) in [4.78, 5) is 21.2. The number of aliphatic hydroxyl groups excluding tert-OH is 1. The topological polar surface area (TPSA) is 104 Å². The van der Waals surface area contributed by atoms with Gasteiger partial charge >= 0.3 is 6.09 Å². The van der Waals surface area contributed by atoms with Crippen LogP contribution in [0.4, 0.5) is 10.7 Å². The third-order valence-electron chi connectivity index (χ3n) is 8.15. The molecule has 2 aromatic heterocycles. The lowest BCUT2D eigenvalue weighted by Gasteiger charge is -2.35. The Morgan fingerprint density at radius 3 is 2.43 bits per heavy atom. The van der Waals surface area contributed by atoms with Crippen LogP contribution < -0.4 is 5.32 Å². The summed E-state index contributed by atoms with van der Waals surface area (Å²) in [6, 6.07) is 11.1. The highest BCUT2D eigenvalue weighted by Crippen LogP contribution is 2.37. The third-order valence-corrected chi connectivity index (χ3v) is 8.15. The molecule has 0 spiro atoms. The highest BCUT2D eigenvalue weighted by Gasteiger charge is 2.27. The van der Waals surface area contributed by atoms with E-state index in [1.165, 1.54) is 11.3 Å². The molecule has 1 amide bonds. The fourth-order valence-electron chi connectivity index (χ4n) is 5.95. The van der Waals surface area contributed by atoms with Gasteiger partial charge in [0.15, 0.2) is 0 Å². The van der Waals surface area contributed by atoms with Crippen molar-refractivity contribution in [2.24, 2.45) is 0 Å². The zero-order valence-electron chi connectivity index (χ0n) is 25.7. The first-order chi connectivity index (χ1) is 20.1. The molecule has 1 atom stereocenters. The van der Waals surface area contributed by atoms with Crippen LogP contribution >= 0.6 is 0 Å². The molecule has 5 rings (SSSR count). The van der Waals surface area contributed by atoms with E-state index < -0.39 is 5.60 Å². The normalized spacial score (nSPS) is 21.0. The fraction of sp³-hybridized carbons (Fsp3) is 0.594. The monoisotopic (exact) mass is 578 g/mol. The van der Waals surface area contributed by atoms with Crippen LogP contribution in [0, 0.1) is 0 Å². The third kappa shape index (κ3) is 7.40. The number of hydrogen-bond acceptors (Lipinski definition) is 8. The number of hydrogen-bond donors (Lipinski definition) is 2. The number of fused-ring (bicyclic) bond motifs is 1. The van der Waals surface area contributed by atoms with Gasteiger partial charge in [0.25, 0.3) is 0 Å². The first-order valence-corrected chi connectivity index (χ1v) is 15.2. The van der Waals surface area contributed by atoms with Crippen LogP contribution in [-0.4, -0.2) is 93.2 Å². The van der Waals surface area contributed by atoms with Crippen molar-refractivity contribution in [3.8, 4) is 11.1 Å². The largest absolute Gasteiger partial charge is 0.444 e. The molecule has 2 fully saturated rings. The molecule has 2 aliphatic rings. The van der Waals surface area contributed by atoms with E-state index in [0.29, 0.717) is 31.6 Å². The molecule has 3 aromatic rings. The van der Waals surface area contributed by atoms with E-state index in [0.717, 1.165) is 62.0 Å². The van der Waals surface area contributed by atoms with Crippen molar-refractivity contribution in [1.29, 1.82) is 0 Å². The summed E-state index contributed by atoms with van der Waals surface area (Å²) in [5.74, 6) is 0.917. The summed E-state index contributed by atoms with van der Waals surface area (Å²) < 4.78 is 12.8. The highest BCUT2D eigenvalue weighted by atomic mass is 16.6. The van der Waals surface area contributed by atoms with Crippen molar-refractivity contribution < 1.29 is 19.4 Å². The van der Waals surface area contributed by atoms with E-state index in [2.05, 4.69) is 45.5 Å². The predicted molar refractivity (Wildman–Crippen MR) is 164 cm³/mol. The first-order valence-electron chi connectivity index (χ1n) is 15.2. The Bertz CT molecular complexity index is 1340. The van der Waals surface area contributed by atoms with Gasteiger partial charge in [-0.1, -0.05) is 24.3 Å². The van der Waals surface area contributed by atoms with Crippen molar-refractivity contribution in [2.45, 2.75) is 83.6 Å². The van der Waals surface area contributed by atoms with Crippen molar-refractivity contribution in [3.63, 3.8) is 0 Å². The second-order valence-electron chi connectivity index (χ2n) is 12.8. The number of ether oxygens (including phenoxy) is 2. The molecular weight excluding hydrogens is 532 g/mol. The second-order valence-corrected chi connectivity index (χ2v) is 12.8. The lowest BCUT2D eigenvalue weighted by Crippen LogP contribution is -2.49. The smallest absolute Gasteiger partial charge is 0.410 e. The molecule has 10 heteroatoms. The lowest BCUT2D eigenvalue weighted by molar-refractivity contribution is 0.0139. The highest BCUT2D eigenvalue weighted by molar-refractivity contribution is 5.81. The Hall–Kier alpha value is -3.21. The Morgan fingerprint density at radius 1 is 1.10 bits per heavy atom. The van der Waals surface area contributed by atoms with Gasteiger partial charge in [-0.05, 0) is 70.6 Å². The minimum Gasteiger partial charge on any atom is -0.444 e. The molecule has 10 nitrogen and oxygen atoms in total. The van der Waals surface area contributed by atoms with Gasteiger partial charge in [0.1, 0.15) is 5.60 Å². The summed E-state index contributed by atoms with van der Waals surface area (Å²) in [6.45, 7) is 12.1. The molecule has 1 aliphatic carbocycles. The van der Waals surface area contributed by atoms with Gasteiger partial charge in [-0.3, -0.25) is 4.90 Å². The number of aliphatic hydroxyl groups is 1. The van der Waals surface area contributed by atoms with Crippen LogP contribution in [0.1, 0.15) is 70.6 Å². The molecule has 228 valence electrons. The molecule has 0 unspecified atom stereocenters. The number of methoxy groups -OCH3 is 1. The van der Waals surface area contributed by atoms with Crippen molar-refractivity contribution >= 4 is 17.6 Å². The number of carbonyl (C=O) groups excluding carboxylic acids is 1. The SMILES string of the molecule is COC[C@H](C)Nc1ncc2c(-c3ccc(CN4CCN(C(=O)OC(C)(C)C)CC4)cc3)cc([C@H]3CC[C@H](O)CC3)n2n1. The van der Waals surface area contributed by atoms with E-state index in [9.17, 15) is 9.90 Å². The number of anilines is 1. The van der Waals surface area contributed by atoms with Gasteiger partial charge in [-0.25, -0.2) is 14.3 Å². The Labute approximate surface area is 249 Å². The standard InChI is InChI=1S/C32H46N6O4/c1-22(21-41-5)34-30-33-19-29-27(18-28(38(29)35-30)25-10-12-26(39)13-11-25)24-8-6-23(7-9-24)20-36-14-16-37(17-15-36)31(40)42-32(2,3)4/h6-9,18-19,22,25-26,39H,10-17,20-21H2,1-5H3,(H,34,35)/t22-,25-,26-/m0/s1. The van der Waals surface area contributed by atoms with Crippen LogP contribution in [0.5, 0.6) is 0 Å². The van der Waals surface area contributed by atoms with Gasteiger partial charge in [-0.2, -0.15) is 0 Å². The van der Waals surface area contributed by atoms with Gasteiger partial charge < -0.3 is 24.8 Å². The zero-order chi connectivity index (χ0) is 29.9. The summed E-state index contributed by atoms with van der Waals surface area (Å²) in [5, 5.41) is 18.4. The summed E-state index contributed by atoms with van der Waals surface area (Å²) >= 11 is 0. The summed E-state index contributed by atoms with van der Waals surface area (Å²) in [5.41, 5.74) is 5.16. The first kappa shape index (κ1) is 30.3. The maximum absolute atomic E-state index is 12.4. The van der Waals surface area contributed by atoms with Crippen molar-refractivity contribution in [2.75, 3.05) is 45.2 Å². The van der Waals surface area contributed by atoms with Crippen LogP contribution in [0.25, 0.3) is 16.6 Å². The van der Waals surface area contributed by atoms with E-state index in [-0.39, 0.29) is 18.2 Å². The van der Waals surface area contributed by atoms with E-state index in [1.54, 1.807) is 12.0 Å². The maximum atomic E-state index is 12.4. The summed E-state index contributed by atoms with van der Waals surface area (Å²) in [6.07, 6.45) is 4.99. The molecule has 2 N–H and O–H groups in total. The van der Waals surface area contributed by atoms with Gasteiger partial charge in [-0.15, -0.1) is 5.10 Å². The van der Waals surface area contributed by atoms with Gasteiger partial charge in [0.05, 0.1) is 24.4 Å². The van der Waals surface area contributed by atoms with Crippen molar-refractivity contribution in [1.82, 2.24) is 24.4 Å². The van der Waals surface area contributed by atoms with Gasteiger partial charge in [0.2, 0.25) is 5.95 Å². The van der Waals surface area contributed by atoms with Crippen LogP contribution in [0.15, 0.2) is 36.5 Å². The number of rotatable bonds is 8. The Morgan fingerprint density at radius 2 is 1.79 bits per heavy atom. The molecule has 1 aliphatic heterocycles. The fourth-order valence-corrected chi connectivity index (χ4v) is 5.95. The van der Waals surface area contributed by atoms with Crippen LogP contribution in [0.3, 0.4) is 0 Å². The maximum Gasteiger partial charge on any atom is 0.410 e.